The average molecular weight is 439 g/mol. The van der Waals surface area contributed by atoms with E-state index < -0.39 is 24.9 Å². The molecular formula is C18H17F4N7O2. The van der Waals surface area contributed by atoms with Crippen LogP contribution >= 0.6 is 0 Å². The third kappa shape index (κ3) is 2.94. The van der Waals surface area contributed by atoms with E-state index in [0.717, 1.165) is 0 Å². The van der Waals surface area contributed by atoms with Gasteiger partial charge in [0.1, 0.15) is 5.52 Å². The summed E-state index contributed by atoms with van der Waals surface area (Å²) in [6, 6.07) is 2.98. The number of aromatic nitrogens is 5. The van der Waals surface area contributed by atoms with Crippen LogP contribution in [0.5, 0.6) is 0 Å². The maximum atomic E-state index is 13.7. The second-order valence-corrected chi connectivity index (χ2v) is 7.90. The number of fused-ring (bicyclic) bond motifs is 1. The Bertz CT molecular complexity index is 1230. The zero-order chi connectivity index (χ0) is 22.1. The van der Waals surface area contributed by atoms with Crippen molar-refractivity contribution in [2.75, 3.05) is 26.2 Å². The van der Waals surface area contributed by atoms with E-state index in [1.54, 1.807) is 25.3 Å². The fourth-order valence-corrected chi connectivity index (χ4v) is 3.92. The number of nitrogens with one attached hydrogen (secondary N) is 1. The molecule has 0 spiro atoms. The van der Waals surface area contributed by atoms with Gasteiger partial charge in [0.05, 0.1) is 17.5 Å². The summed E-state index contributed by atoms with van der Waals surface area (Å²) < 4.78 is 54.4. The SMILES string of the molecule is Cc1c(C(=O)N2CC(N3CC(F)(C(F)(F)F)C3)C2)cnn1-c1nn2cccc2c(=O)[nH]1. The summed E-state index contributed by atoms with van der Waals surface area (Å²) >= 11 is 0. The molecule has 0 atom stereocenters. The Morgan fingerprint density at radius 3 is 2.68 bits per heavy atom. The Balaban J connectivity index is 1.28. The molecule has 0 saturated carbocycles. The first-order chi connectivity index (χ1) is 14.6. The first-order valence-corrected chi connectivity index (χ1v) is 9.49. The van der Waals surface area contributed by atoms with Gasteiger partial charge in [-0.05, 0) is 19.1 Å². The largest absolute Gasteiger partial charge is 0.425 e. The van der Waals surface area contributed by atoms with Crippen molar-refractivity contribution in [2.24, 2.45) is 0 Å². The lowest BCUT2D eigenvalue weighted by Crippen LogP contribution is -2.74. The van der Waals surface area contributed by atoms with Crippen molar-refractivity contribution in [2.45, 2.75) is 24.8 Å². The standard InChI is InChI=1S/C18H17F4N7O2/c1-10-12(5-23-29(10)16-24-14(30)13-3-2-4-28(13)25-16)15(31)26-6-11(7-26)27-8-17(19,9-27)18(20,21)22/h2-5,11H,6-9H2,1H3,(H,24,25,30). The monoisotopic (exact) mass is 439 g/mol. The number of alkyl halides is 4. The Morgan fingerprint density at radius 2 is 2.00 bits per heavy atom. The van der Waals surface area contributed by atoms with Crippen LogP contribution in [0.4, 0.5) is 17.6 Å². The highest BCUT2D eigenvalue weighted by molar-refractivity contribution is 5.95. The number of carbonyl (C=O) groups is 1. The molecule has 3 aromatic heterocycles. The van der Waals surface area contributed by atoms with Crippen LogP contribution in [0, 0.1) is 6.92 Å². The first kappa shape index (κ1) is 19.7. The van der Waals surface area contributed by atoms with Crippen LogP contribution < -0.4 is 5.56 Å². The van der Waals surface area contributed by atoms with Crippen LogP contribution in [0.1, 0.15) is 16.1 Å². The second-order valence-electron chi connectivity index (χ2n) is 7.90. The molecule has 0 bridgehead atoms. The number of hydrogen-bond acceptors (Lipinski definition) is 5. The zero-order valence-electron chi connectivity index (χ0n) is 16.2. The molecule has 0 unspecified atom stereocenters. The molecule has 0 aliphatic carbocycles. The van der Waals surface area contributed by atoms with Crippen molar-refractivity contribution in [1.82, 2.24) is 34.2 Å². The highest BCUT2D eigenvalue weighted by atomic mass is 19.4. The molecule has 2 saturated heterocycles. The van der Waals surface area contributed by atoms with Gasteiger partial charge in [-0.3, -0.25) is 19.5 Å². The minimum absolute atomic E-state index is 0.138. The van der Waals surface area contributed by atoms with Crippen molar-refractivity contribution in [1.29, 1.82) is 0 Å². The normalized spacial score (nSPS) is 19.5. The lowest BCUT2D eigenvalue weighted by molar-refractivity contribution is -0.279. The lowest BCUT2D eigenvalue weighted by Gasteiger charge is -2.54. The number of carbonyl (C=O) groups excluding carboxylic acids is 1. The van der Waals surface area contributed by atoms with E-state index in [1.807, 2.05) is 0 Å². The highest BCUT2D eigenvalue weighted by Gasteiger charge is 2.64. The predicted molar refractivity (Wildman–Crippen MR) is 98.8 cm³/mol. The van der Waals surface area contributed by atoms with Gasteiger partial charge in [0.2, 0.25) is 11.6 Å². The third-order valence-corrected chi connectivity index (χ3v) is 5.91. The highest BCUT2D eigenvalue weighted by Crippen LogP contribution is 2.42. The molecular weight excluding hydrogens is 422 g/mol. The Kier molecular flexibility index (Phi) is 4.07. The van der Waals surface area contributed by atoms with E-state index in [0.29, 0.717) is 11.2 Å². The summed E-state index contributed by atoms with van der Waals surface area (Å²) in [4.78, 5) is 30.4. The smallest absolute Gasteiger partial charge is 0.335 e. The summed E-state index contributed by atoms with van der Waals surface area (Å²) in [7, 11) is 0. The molecule has 13 heteroatoms. The Labute approximate surface area is 171 Å². The minimum Gasteiger partial charge on any atom is -0.335 e. The molecule has 5 rings (SSSR count). The van der Waals surface area contributed by atoms with Crippen LogP contribution in [0.2, 0.25) is 0 Å². The molecule has 9 nitrogen and oxygen atoms in total. The van der Waals surface area contributed by atoms with Crippen LogP contribution in [-0.4, -0.2) is 84.2 Å². The lowest BCUT2D eigenvalue weighted by atomic mass is 9.91. The summed E-state index contributed by atoms with van der Waals surface area (Å²) in [6.07, 6.45) is -1.92. The van der Waals surface area contributed by atoms with Gasteiger partial charge in [0, 0.05) is 38.4 Å². The number of rotatable bonds is 3. The number of hydrogen-bond donors (Lipinski definition) is 1. The van der Waals surface area contributed by atoms with Gasteiger partial charge < -0.3 is 4.90 Å². The second kappa shape index (κ2) is 6.39. The van der Waals surface area contributed by atoms with E-state index in [2.05, 4.69) is 15.2 Å². The molecule has 2 aliphatic heterocycles. The fourth-order valence-electron chi connectivity index (χ4n) is 3.92. The molecule has 0 aromatic carbocycles. The number of likely N-dealkylation sites (tertiary alicyclic amines) is 2. The van der Waals surface area contributed by atoms with Crippen LogP contribution in [0.3, 0.4) is 0 Å². The number of amides is 1. The summed E-state index contributed by atoms with van der Waals surface area (Å²) in [5, 5.41) is 8.41. The molecule has 164 valence electrons. The van der Waals surface area contributed by atoms with Crippen LogP contribution in [-0.2, 0) is 0 Å². The van der Waals surface area contributed by atoms with Gasteiger partial charge >= 0.3 is 6.18 Å². The van der Waals surface area contributed by atoms with Gasteiger partial charge in [-0.1, -0.05) is 0 Å². The van der Waals surface area contributed by atoms with Crippen LogP contribution in [0.25, 0.3) is 11.5 Å². The summed E-state index contributed by atoms with van der Waals surface area (Å²) in [5.74, 6) is -0.203. The maximum absolute atomic E-state index is 13.7. The van der Waals surface area contributed by atoms with Crippen molar-refractivity contribution in [3.8, 4) is 5.95 Å². The maximum Gasteiger partial charge on any atom is 0.425 e. The van der Waals surface area contributed by atoms with E-state index >= 15 is 0 Å². The average Bonchev–Trinajstić information content (AvgIpc) is 3.24. The molecule has 2 fully saturated rings. The quantitative estimate of drug-likeness (QED) is 0.613. The van der Waals surface area contributed by atoms with E-state index in [9.17, 15) is 27.2 Å². The van der Waals surface area contributed by atoms with E-state index in [1.165, 1.54) is 25.2 Å². The Morgan fingerprint density at radius 1 is 1.29 bits per heavy atom. The van der Waals surface area contributed by atoms with Crippen LogP contribution in [0.15, 0.2) is 29.3 Å². The van der Waals surface area contributed by atoms with Gasteiger partial charge in [-0.2, -0.15) is 18.3 Å². The van der Waals surface area contributed by atoms with E-state index in [-0.39, 0.29) is 42.1 Å². The molecule has 5 heterocycles. The molecule has 3 aromatic rings. The van der Waals surface area contributed by atoms with Crippen molar-refractivity contribution >= 4 is 11.4 Å². The Hall–Kier alpha value is -3.22. The topological polar surface area (TPSA) is 91.5 Å². The number of H-pyrrole nitrogens is 1. The molecule has 1 N–H and O–H groups in total. The number of halogens is 4. The zero-order valence-corrected chi connectivity index (χ0v) is 16.2. The molecule has 0 radical (unpaired) electrons. The van der Waals surface area contributed by atoms with Crippen molar-refractivity contribution in [3.63, 3.8) is 0 Å². The fraction of sp³-hybridized carbons (Fsp3) is 0.444. The summed E-state index contributed by atoms with van der Waals surface area (Å²) in [6.45, 7) is 0.652. The summed E-state index contributed by atoms with van der Waals surface area (Å²) in [5.41, 5.74) is -2.43. The van der Waals surface area contributed by atoms with Gasteiger partial charge in [-0.25, -0.2) is 13.6 Å². The van der Waals surface area contributed by atoms with Crippen molar-refractivity contribution in [3.05, 3.63) is 46.1 Å². The molecule has 1 amide bonds. The van der Waals surface area contributed by atoms with Gasteiger partial charge in [0.25, 0.3) is 11.5 Å². The number of nitrogens with zero attached hydrogens (tertiary/aromatic N) is 6. The number of aromatic amines is 1. The first-order valence-electron chi connectivity index (χ1n) is 9.49. The minimum atomic E-state index is -4.88. The predicted octanol–water partition coefficient (Wildman–Crippen LogP) is 0.927. The molecule has 31 heavy (non-hydrogen) atoms. The third-order valence-electron chi connectivity index (χ3n) is 5.91. The molecule has 2 aliphatic rings. The van der Waals surface area contributed by atoms with Gasteiger partial charge in [-0.15, -0.1) is 5.10 Å². The van der Waals surface area contributed by atoms with E-state index in [4.69, 9.17) is 0 Å². The van der Waals surface area contributed by atoms with Crippen molar-refractivity contribution < 1.29 is 22.4 Å². The van der Waals surface area contributed by atoms with Gasteiger partial charge in [0.15, 0.2) is 0 Å².